The molecule has 0 bridgehead atoms. The summed E-state index contributed by atoms with van der Waals surface area (Å²) in [7, 11) is -3.40. The third kappa shape index (κ3) is 2.93. The number of hydrogen-bond donors (Lipinski definition) is 1. The number of nitrogen functional groups attached to an aromatic ring is 1. The maximum Gasteiger partial charge on any atom is 0.329 e. The van der Waals surface area contributed by atoms with E-state index in [0.29, 0.717) is 18.1 Å². The first kappa shape index (κ1) is 14.8. The summed E-state index contributed by atoms with van der Waals surface area (Å²) >= 11 is 1.48. The van der Waals surface area contributed by atoms with Gasteiger partial charge in [-0.05, 0) is 0 Å². The van der Waals surface area contributed by atoms with Gasteiger partial charge in [-0.15, -0.1) is 0 Å². The van der Waals surface area contributed by atoms with Crippen molar-refractivity contribution in [2.24, 2.45) is 0 Å². The summed E-state index contributed by atoms with van der Waals surface area (Å²) in [6.07, 6.45) is 2.10. The maximum absolute atomic E-state index is 11.8. The number of aromatic nitrogens is 2. The van der Waals surface area contributed by atoms with Crippen molar-refractivity contribution in [2.75, 3.05) is 34.9 Å². The molecule has 1 aliphatic heterocycles. The number of nitrogens with two attached hydrogens (primary N) is 1. The van der Waals surface area contributed by atoms with E-state index < -0.39 is 20.1 Å². The Morgan fingerprint density at radius 3 is 2.90 bits per heavy atom. The Morgan fingerprint density at radius 2 is 2.30 bits per heavy atom. The normalized spacial score (nSPS) is 19.9. The second-order valence-electron chi connectivity index (χ2n) is 4.25. The number of thioether (sulfide) groups is 1. The van der Waals surface area contributed by atoms with Gasteiger partial charge in [0.05, 0.1) is 4.92 Å². The first-order valence-electron chi connectivity index (χ1n) is 5.61. The van der Waals surface area contributed by atoms with E-state index in [-0.39, 0.29) is 17.5 Å². The number of hydrogen-bond acceptors (Lipinski definition) is 9. The van der Waals surface area contributed by atoms with E-state index in [1.165, 1.54) is 16.7 Å². The van der Waals surface area contributed by atoms with Crippen LogP contribution in [0.2, 0.25) is 0 Å². The molecule has 9 nitrogen and oxygen atoms in total. The second-order valence-corrected chi connectivity index (χ2v) is 7.60. The predicted molar refractivity (Wildman–Crippen MR) is 76.4 cm³/mol. The monoisotopic (exact) mass is 319 g/mol. The number of anilines is 2. The Bertz CT molecular complexity index is 635. The molecule has 0 spiro atoms. The molecule has 1 unspecified atom stereocenters. The fraction of sp³-hybridized carbons (Fsp3) is 0.556. The SMILES string of the molecule is CS(=O)(=O)C1CSCCN1c1nc(N)ncc1[N+](=O)[O-]. The van der Waals surface area contributed by atoms with Crippen molar-refractivity contribution < 1.29 is 13.3 Å². The number of sulfone groups is 1. The van der Waals surface area contributed by atoms with Gasteiger partial charge in [-0.25, -0.2) is 13.4 Å². The first-order chi connectivity index (χ1) is 9.30. The zero-order valence-electron chi connectivity index (χ0n) is 10.6. The molecule has 2 rings (SSSR count). The third-order valence-electron chi connectivity index (χ3n) is 2.82. The van der Waals surface area contributed by atoms with Gasteiger partial charge in [0.15, 0.2) is 9.84 Å². The molecule has 110 valence electrons. The largest absolute Gasteiger partial charge is 0.368 e. The molecule has 2 heterocycles. The van der Waals surface area contributed by atoms with Crippen molar-refractivity contribution in [3.63, 3.8) is 0 Å². The fourth-order valence-electron chi connectivity index (χ4n) is 1.90. The number of nitrogens with zero attached hydrogens (tertiary/aromatic N) is 4. The number of rotatable bonds is 3. The molecule has 1 aliphatic rings. The lowest BCUT2D eigenvalue weighted by molar-refractivity contribution is -0.384. The van der Waals surface area contributed by atoms with Gasteiger partial charge in [-0.3, -0.25) is 10.1 Å². The Hall–Kier alpha value is -1.62. The minimum Gasteiger partial charge on any atom is -0.368 e. The molecule has 1 fully saturated rings. The summed E-state index contributed by atoms with van der Waals surface area (Å²) in [6.45, 7) is 0.347. The minimum absolute atomic E-state index is 0.0433. The molecule has 0 saturated carbocycles. The van der Waals surface area contributed by atoms with Gasteiger partial charge in [0.1, 0.15) is 11.6 Å². The summed E-state index contributed by atoms with van der Waals surface area (Å²) < 4.78 is 23.7. The molecule has 11 heteroatoms. The Morgan fingerprint density at radius 1 is 1.60 bits per heavy atom. The smallest absolute Gasteiger partial charge is 0.329 e. The Labute approximate surface area is 119 Å². The van der Waals surface area contributed by atoms with E-state index in [2.05, 4.69) is 9.97 Å². The molecular formula is C9H13N5O4S2. The molecule has 1 atom stereocenters. The molecule has 2 N–H and O–H groups in total. The van der Waals surface area contributed by atoms with Crippen molar-refractivity contribution in [3.8, 4) is 0 Å². The van der Waals surface area contributed by atoms with Crippen LogP contribution in [0.4, 0.5) is 17.5 Å². The van der Waals surface area contributed by atoms with Crippen LogP contribution < -0.4 is 10.6 Å². The van der Waals surface area contributed by atoms with E-state index in [4.69, 9.17) is 5.73 Å². The summed E-state index contributed by atoms with van der Waals surface area (Å²) in [4.78, 5) is 19.3. The van der Waals surface area contributed by atoms with E-state index in [1.54, 1.807) is 0 Å². The van der Waals surface area contributed by atoms with Gasteiger partial charge >= 0.3 is 5.69 Å². The van der Waals surface area contributed by atoms with Gasteiger partial charge in [-0.1, -0.05) is 0 Å². The second kappa shape index (κ2) is 5.40. The van der Waals surface area contributed by atoms with Gasteiger partial charge < -0.3 is 10.6 Å². The van der Waals surface area contributed by atoms with Crippen LogP contribution >= 0.6 is 11.8 Å². The van der Waals surface area contributed by atoms with E-state index in [9.17, 15) is 18.5 Å². The van der Waals surface area contributed by atoms with E-state index >= 15 is 0 Å². The topological polar surface area (TPSA) is 132 Å². The van der Waals surface area contributed by atoms with Crippen LogP contribution in [0.1, 0.15) is 0 Å². The molecule has 1 aromatic heterocycles. The lowest BCUT2D eigenvalue weighted by Gasteiger charge is -2.34. The highest BCUT2D eigenvalue weighted by Gasteiger charge is 2.35. The highest BCUT2D eigenvalue weighted by molar-refractivity contribution is 8.01. The summed E-state index contributed by atoms with van der Waals surface area (Å²) in [6, 6.07) is 0. The van der Waals surface area contributed by atoms with E-state index in [0.717, 1.165) is 12.5 Å². The maximum atomic E-state index is 11.8. The zero-order valence-corrected chi connectivity index (χ0v) is 12.2. The lowest BCUT2D eigenvalue weighted by atomic mass is 10.4. The van der Waals surface area contributed by atoms with E-state index in [1.807, 2.05) is 0 Å². The quantitative estimate of drug-likeness (QED) is 0.598. The fourth-order valence-corrected chi connectivity index (χ4v) is 4.72. The van der Waals surface area contributed by atoms with Crippen molar-refractivity contribution in [1.29, 1.82) is 0 Å². The average molecular weight is 319 g/mol. The first-order valence-corrected chi connectivity index (χ1v) is 8.72. The van der Waals surface area contributed by atoms with Crippen molar-refractivity contribution >= 4 is 39.1 Å². The molecule has 1 aromatic rings. The Balaban J connectivity index is 2.52. The summed E-state index contributed by atoms with van der Waals surface area (Å²) in [5, 5.41) is 10.2. The van der Waals surface area contributed by atoms with Crippen LogP contribution in [-0.2, 0) is 9.84 Å². The molecule has 0 amide bonds. The standard InChI is InChI=1S/C9H13N5O4S2/c1-20(17,18)7-5-19-3-2-13(7)8-6(14(15)16)4-11-9(10)12-8/h4,7H,2-3,5H2,1H3,(H2,10,11,12). The van der Waals surface area contributed by atoms with Crippen molar-refractivity contribution in [2.45, 2.75) is 5.37 Å². The van der Waals surface area contributed by atoms with Crippen LogP contribution in [0, 0.1) is 10.1 Å². The average Bonchev–Trinajstić information content (AvgIpc) is 2.37. The zero-order chi connectivity index (χ0) is 14.9. The highest BCUT2D eigenvalue weighted by atomic mass is 32.2. The van der Waals surface area contributed by atoms with Crippen LogP contribution in [0.5, 0.6) is 0 Å². The molecule has 0 aromatic carbocycles. The van der Waals surface area contributed by atoms with Gasteiger partial charge in [-0.2, -0.15) is 16.7 Å². The van der Waals surface area contributed by atoms with Crippen LogP contribution in [-0.4, -0.2) is 53.0 Å². The van der Waals surface area contributed by atoms with Gasteiger partial charge in [0, 0.05) is 24.3 Å². The summed E-state index contributed by atoms with van der Waals surface area (Å²) in [5.74, 6) is 0.821. The third-order valence-corrected chi connectivity index (χ3v) is 5.46. The number of nitro groups is 1. The van der Waals surface area contributed by atoms with Crippen molar-refractivity contribution in [1.82, 2.24) is 9.97 Å². The van der Waals surface area contributed by atoms with Crippen LogP contribution in [0.25, 0.3) is 0 Å². The molecule has 0 aliphatic carbocycles. The van der Waals surface area contributed by atoms with Crippen LogP contribution in [0.15, 0.2) is 6.20 Å². The van der Waals surface area contributed by atoms with Crippen LogP contribution in [0.3, 0.4) is 0 Å². The molecule has 20 heavy (non-hydrogen) atoms. The predicted octanol–water partition coefficient (Wildman–Crippen LogP) is -0.109. The minimum atomic E-state index is -3.40. The molecular weight excluding hydrogens is 306 g/mol. The van der Waals surface area contributed by atoms with Gasteiger partial charge in [0.25, 0.3) is 0 Å². The molecule has 1 saturated heterocycles. The van der Waals surface area contributed by atoms with Gasteiger partial charge in [0.2, 0.25) is 11.8 Å². The highest BCUT2D eigenvalue weighted by Crippen LogP contribution is 2.31. The molecule has 0 radical (unpaired) electrons. The lowest BCUT2D eigenvalue weighted by Crippen LogP contribution is -2.47. The van der Waals surface area contributed by atoms with Crippen molar-refractivity contribution in [3.05, 3.63) is 16.3 Å². The Kier molecular flexibility index (Phi) is 3.99. The summed E-state index contributed by atoms with van der Waals surface area (Å²) in [5.41, 5.74) is 5.12.